The van der Waals surface area contributed by atoms with Crippen molar-refractivity contribution in [2.45, 2.75) is 37.5 Å². The van der Waals surface area contributed by atoms with E-state index in [1.54, 1.807) is 67.6 Å². The first kappa shape index (κ1) is 32.9. The number of aromatic nitrogens is 1. The number of carbonyl (C=O) groups is 2. The van der Waals surface area contributed by atoms with Crippen molar-refractivity contribution >= 4 is 54.9 Å². The molecule has 4 aromatic carbocycles. The van der Waals surface area contributed by atoms with Crippen molar-refractivity contribution in [1.82, 2.24) is 10.3 Å². The summed E-state index contributed by atoms with van der Waals surface area (Å²) in [5.74, 6) is -0.531. The fraction of sp³-hybridized carbons (Fsp3) is 0.206. The lowest BCUT2D eigenvalue weighted by Crippen LogP contribution is -2.46. The molecule has 0 spiro atoms. The van der Waals surface area contributed by atoms with Gasteiger partial charge in [-0.2, -0.15) is 0 Å². The molecule has 46 heavy (non-hydrogen) atoms. The number of nitrogens with one attached hydrogen (secondary N) is 1. The molecule has 0 saturated carbocycles. The van der Waals surface area contributed by atoms with Gasteiger partial charge in [-0.1, -0.05) is 41.9 Å². The summed E-state index contributed by atoms with van der Waals surface area (Å²) in [7, 11) is -3.43. The summed E-state index contributed by atoms with van der Waals surface area (Å²) in [6.07, 6.45) is -0.478. The highest BCUT2D eigenvalue weighted by molar-refractivity contribution is 7.91. The molecule has 1 N–H and O–H groups in total. The number of fused-ring (bicyclic) bond motifs is 1. The van der Waals surface area contributed by atoms with Crippen LogP contribution in [0.4, 0.5) is 0 Å². The van der Waals surface area contributed by atoms with Crippen LogP contribution in [0.1, 0.15) is 34.3 Å². The van der Waals surface area contributed by atoms with Gasteiger partial charge in [-0.25, -0.2) is 18.2 Å². The van der Waals surface area contributed by atoms with Crippen molar-refractivity contribution in [3.63, 3.8) is 0 Å². The topological polar surface area (TPSA) is 121 Å². The summed E-state index contributed by atoms with van der Waals surface area (Å²) in [6.45, 7) is 2.00. The van der Waals surface area contributed by atoms with E-state index in [0.29, 0.717) is 29.4 Å². The molecule has 0 radical (unpaired) electrons. The second kappa shape index (κ2) is 15.2. The molecule has 0 aliphatic heterocycles. The number of hydrogen-bond donors (Lipinski definition) is 1. The van der Waals surface area contributed by atoms with Crippen LogP contribution < -0.4 is 14.8 Å². The molecule has 0 saturated heterocycles. The van der Waals surface area contributed by atoms with Gasteiger partial charge in [0.2, 0.25) is 0 Å². The van der Waals surface area contributed by atoms with Gasteiger partial charge in [0.25, 0.3) is 12.1 Å². The van der Waals surface area contributed by atoms with E-state index in [2.05, 4.69) is 10.3 Å². The van der Waals surface area contributed by atoms with E-state index >= 15 is 0 Å². The van der Waals surface area contributed by atoms with Crippen LogP contribution in [-0.4, -0.2) is 43.9 Å². The Bertz CT molecular complexity index is 1880. The van der Waals surface area contributed by atoms with E-state index in [-0.39, 0.29) is 29.4 Å². The highest BCUT2D eigenvalue weighted by atomic mass is 35.5. The molecule has 0 bridgehead atoms. The Morgan fingerprint density at radius 3 is 2.43 bits per heavy atom. The minimum absolute atomic E-state index is 0.0158. The maximum atomic E-state index is 13.2. The van der Waals surface area contributed by atoms with E-state index in [9.17, 15) is 18.0 Å². The molecule has 1 heterocycles. The number of thiazole rings is 1. The zero-order valence-corrected chi connectivity index (χ0v) is 27.2. The maximum absolute atomic E-state index is 13.2. The average Bonchev–Trinajstić information content (AvgIpc) is 3.48. The van der Waals surface area contributed by atoms with Crippen LogP contribution in [-0.2, 0) is 32.4 Å². The first-order valence-corrected chi connectivity index (χ1v) is 17.3. The number of hydrogen-bond acceptors (Lipinski definition) is 9. The second-order valence-corrected chi connectivity index (χ2v) is 13.8. The summed E-state index contributed by atoms with van der Waals surface area (Å²) in [4.78, 5) is 30.6. The molecule has 0 aliphatic carbocycles. The summed E-state index contributed by atoms with van der Waals surface area (Å²) in [6, 6.07) is 27.4. The van der Waals surface area contributed by atoms with Crippen molar-refractivity contribution in [3.8, 4) is 11.5 Å². The molecule has 9 nitrogen and oxygen atoms in total. The number of halogens is 1. The normalized spacial score (nSPS) is 12.0. The van der Waals surface area contributed by atoms with E-state index < -0.39 is 27.9 Å². The Kier molecular flexibility index (Phi) is 10.9. The van der Waals surface area contributed by atoms with E-state index in [1.165, 1.54) is 23.5 Å². The standard InChI is InChI=1S/C34H31ClN2O7S2/c1-2-42-34(39)33(44-26-16-12-23(13-17-26)7-6-20-46(40,41)28-18-14-25(35)15-19-28)37-32(38)24-8-5-9-27(21-24)43-22-31-36-29-10-3-4-11-30(29)45-31/h3-5,8-19,21,33H,2,6-7,20,22H2,1H3,(H,37,38). The van der Waals surface area contributed by atoms with Crippen LogP contribution >= 0.6 is 22.9 Å². The van der Waals surface area contributed by atoms with Crippen LogP contribution in [0.25, 0.3) is 10.2 Å². The monoisotopic (exact) mass is 678 g/mol. The highest BCUT2D eigenvalue weighted by Gasteiger charge is 2.25. The Balaban J connectivity index is 1.17. The van der Waals surface area contributed by atoms with Crippen molar-refractivity contribution in [2.24, 2.45) is 0 Å². The number of carbonyl (C=O) groups excluding carboxylic acids is 2. The van der Waals surface area contributed by atoms with E-state index in [4.69, 9.17) is 25.8 Å². The minimum Gasteiger partial charge on any atom is -0.486 e. The number of sulfone groups is 1. The Labute approximate surface area is 276 Å². The van der Waals surface area contributed by atoms with Gasteiger partial charge in [-0.15, -0.1) is 11.3 Å². The van der Waals surface area contributed by atoms with E-state index in [0.717, 1.165) is 20.8 Å². The zero-order valence-electron chi connectivity index (χ0n) is 24.8. The average molecular weight is 679 g/mol. The maximum Gasteiger partial charge on any atom is 0.369 e. The van der Waals surface area contributed by atoms with Gasteiger partial charge < -0.3 is 19.5 Å². The summed E-state index contributed by atoms with van der Waals surface area (Å²) in [5.41, 5.74) is 2.06. The molecule has 238 valence electrons. The van der Waals surface area contributed by atoms with Gasteiger partial charge in [0.05, 0.1) is 27.5 Å². The van der Waals surface area contributed by atoms with Gasteiger partial charge in [0, 0.05) is 10.6 Å². The minimum atomic E-state index is -3.43. The molecule has 0 fully saturated rings. The van der Waals surface area contributed by atoms with Crippen LogP contribution in [0, 0.1) is 0 Å². The highest BCUT2D eigenvalue weighted by Crippen LogP contribution is 2.24. The van der Waals surface area contributed by atoms with Crippen molar-refractivity contribution in [2.75, 3.05) is 12.4 Å². The Morgan fingerprint density at radius 2 is 1.70 bits per heavy atom. The van der Waals surface area contributed by atoms with Crippen LogP contribution in [0.2, 0.25) is 5.02 Å². The zero-order chi connectivity index (χ0) is 32.5. The van der Waals surface area contributed by atoms with Gasteiger partial charge in [0.1, 0.15) is 23.1 Å². The molecule has 5 aromatic rings. The number of aryl methyl sites for hydroxylation is 1. The fourth-order valence-corrected chi connectivity index (χ4v) is 6.82. The van der Waals surface area contributed by atoms with Gasteiger partial charge in [-0.3, -0.25) is 4.79 Å². The molecular formula is C34H31ClN2O7S2. The summed E-state index contributed by atoms with van der Waals surface area (Å²) < 4.78 is 43.1. The first-order chi connectivity index (χ1) is 22.2. The largest absolute Gasteiger partial charge is 0.486 e. The third-order valence-electron chi connectivity index (χ3n) is 6.79. The molecule has 1 unspecified atom stereocenters. The molecule has 5 rings (SSSR count). The Hall–Kier alpha value is -4.45. The van der Waals surface area contributed by atoms with Crippen molar-refractivity contribution in [1.29, 1.82) is 0 Å². The molecular weight excluding hydrogens is 648 g/mol. The first-order valence-electron chi connectivity index (χ1n) is 14.5. The predicted octanol–water partition coefficient (Wildman–Crippen LogP) is 6.63. The lowest BCUT2D eigenvalue weighted by molar-refractivity contribution is -0.152. The lowest BCUT2D eigenvalue weighted by atomic mass is 10.1. The van der Waals surface area contributed by atoms with Crippen LogP contribution in [0.15, 0.2) is 102 Å². The SMILES string of the molecule is CCOC(=O)C(NC(=O)c1cccc(OCc2nc3ccccc3s2)c1)Oc1ccc(CCCS(=O)(=O)c2ccc(Cl)cc2)cc1. The second-order valence-electron chi connectivity index (χ2n) is 10.1. The van der Waals surface area contributed by atoms with Crippen LogP contribution in [0.5, 0.6) is 11.5 Å². The van der Waals surface area contributed by atoms with Crippen LogP contribution in [0.3, 0.4) is 0 Å². The number of amides is 1. The van der Waals surface area contributed by atoms with E-state index in [1.807, 2.05) is 24.3 Å². The molecule has 0 aliphatic rings. The smallest absolute Gasteiger partial charge is 0.369 e. The lowest BCUT2D eigenvalue weighted by Gasteiger charge is -2.19. The number of para-hydroxylation sites is 1. The number of rotatable bonds is 14. The third kappa shape index (κ3) is 8.84. The van der Waals surface area contributed by atoms with Gasteiger partial charge in [0.15, 0.2) is 9.84 Å². The number of ether oxygens (including phenoxy) is 3. The predicted molar refractivity (Wildman–Crippen MR) is 177 cm³/mol. The summed E-state index contributed by atoms with van der Waals surface area (Å²) in [5, 5.41) is 3.87. The quantitative estimate of drug-likeness (QED) is 0.103. The van der Waals surface area contributed by atoms with Crippen molar-refractivity contribution in [3.05, 3.63) is 118 Å². The van der Waals surface area contributed by atoms with Crippen molar-refractivity contribution < 1.29 is 32.2 Å². The molecule has 1 amide bonds. The fourth-order valence-electron chi connectivity index (χ4n) is 4.51. The third-order valence-corrected chi connectivity index (χ3v) is 9.87. The van der Waals surface area contributed by atoms with Gasteiger partial charge >= 0.3 is 5.97 Å². The Morgan fingerprint density at radius 1 is 0.935 bits per heavy atom. The molecule has 12 heteroatoms. The van der Waals surface area contributed by atoms with Gasteiger partial charge in [-0.05, 0) is 92.1 Å². The number of benzene rings is 4. The number of esters is 1. The number of nitrogens with zero attached hydrogens (tertiary/aromatic N) is 1. The molecule has 1 aromatic heterocycles. The molecule has 1 atom stereocenters. The summed E-state index contributed by atoms with van der Waals surface area (Å²) >= 11 is 7.40.